The molecule has 0 bridgehead atoms. The van der Waals surface area contributed by atoms with Crippen LogP contribution in [0.5, 0.6) is 0 Å². The molecule has 2 aromatic rings. The molecule has 1 aliphatic rings. The van der Waals surface area contributed by atoms with Gasteiger partial charge in [-0.1, -0.05) is 67.6 Å². The summed E-state index contributed by atoms with van der Waals surface area (Å²) in [5.74, 6) is 0.757. The summed E-state index contributed by atoms with van der Waals surface area (Å²) in [7, 11) is 0. The van der Waals surface area contributed by atoms with E-state index < -0.39 is 0 Å². The lowest BCUT2D eigenvalue weighted by Crippen LogP contribution is -2.38. The Kier molecular flexibility index (Phi) is 5.29. The highest BCUT2D eigenvalue weighted by molar-refractivity contribution is 5.20. The van der Waals surface area contributed by atoms with Crippen molar-refractivity contribution in [2.24, 2.45) is 5.92 Å². The third-order valence-electron chi connectivity index (χ3n) is 4.93. The molecule has 0 aliphatic carbocycles. The van der Waals surface area contributed by atoms with Crippen LogP contribution in [0, 0.1) is 5.92 Å². The average Bonchev–Trinajstić information content (AvgIpc) is 2.57. The van der Waals surface area contributed by atoms with Crippen LogP contribution in [0.4, 0.5) is 0 Å². The van der Waals surface area contributed by atoms with Gasteiger partial charge in [-0.2, -0.15) is 0 Å². The first-order chi connectivity index (χ1) is 10.8. The normalized spacial score (nSPS) is 22.6. The zero-order chi connectivity index (χ0) is 15.2. The van der Waals surface area contributed by atoms with Gasteiger partial charge in [0.1, 0.15) is 0 Å². The van der Waals surface area contributed by atoms with Crippen molar-refractivity contribution in [3.05, 3.63) is 71.8 Å². The molecule has 22 heavy (non-hydrogen) atoms. The Bertz CT molecular complexity index is 549. The zero-order valence-electron chi connectivity index (χ0n) is 13.6. The minimum atomic E-state index is 0.603. The van der Waals surface area contributed by atoms with E-state index in [1.165, 1.54) is 49.9 Å². The van der Waals surface area contributed by atoms with E-state index in [0.717, 1.165) is 5.92 Å². The molecule has 1 nitrogen and oxygen atoms in total. The molecule has 2 aromatic carbocycles. The molecule has 1 heteroatoms. The maximum Gasteiger partial charge on any atom is 0.0373 e. The van der Waals surface area contributed by atoms with Crippen LogP contribution < -0.4 is 0 Å². The summed E-state index contributed by atoms with van der Waals surface area (Å²) < 4.78 is 0. The minimum absolute atomic E-state index is 0.603. The van der Waals surface area contributed by atoms with Crippen LogP contribution >= 0.6 is 0 Å². The minimum Gasteiger partial charge on any atom is -0.296 e. The standard InChI is InChI=1S/C21H27N/c1-18-10-8-16-22(21(18)20-14-6-3-7-15-20)17-9-13-19-11-4-2-5-12-19/h2-7,11-12,14-15,18,21H,8-10,13,16-17H2,1H3. The Morgan fingerprint density at radius 3 is 2.36 bits per heavy atom. The lowest BCUT2D eigenvalue weighted by Gasteiger charge is -2.40. The van der Waals surface area contributed by atoms with E-state index in [4.69, 9.17) is 0 Å². The molecule has 116 valence electrons. The van der Waals surface area contributed by atoms with E-state index >= 15 is 0 Å². The third kappa shape index (κ3) is 3.78. The Morgan fingerprint density at radius 1 is 0.955 bits per heavy atom. The number of benzene rings is 2. The quantitative estimate of drug-likeness (QED) is 0.742. The van der Waals surface area contributed by atoms with Crippen molar-refractivity contribution >= 4 is 0 Å². The Hall–Kier alpha value is -1.60. The predicted molar refractivity (Wildman–Crippen MR) is 93.9 cm³/mol. The number of hydrogen-bond acceptors (Lipinski definition) is 1. The summed E-state index contributed by atoms with van der Waals surface area (Å²) in [6, 6.07) is 22.6. The molecule has 0 spiro atoms. The number of hydrogen-bond donors (Lipinski definition) is 0. The van der Waals surface area contributed by atoms with Gasteiger partial charge in [0.15, 0.2) is 0 Å². The summed E-state index contributed by atoms with van der Waals surface area (Å²) >= 11 is 0. The fourth-order valence-electron chi connectivity index (χ4n) is 3.84. The van der Waals surface area contributed by atoms with Crippen molar-refractivity contribution in [2.45, 2.75) is 38.6 Å². The van der Waals surface area contributed by atoms with Gasteiger partial charge in [-0.15, -0.1) is 0 Å². The van der Waals surface area contributed by atoms with Gasteiger partial charge in [-0.3, -0.25) is 4.90 Å². The number of nitrogens with zero attached hydrogens (tertiary/aromatic N) is 1. The van der Waals surface area contributed by atoms with Crippen LogP contribution in [-0.2, 0) is 6.42 Å². The van der Waals surface area contributed by atoms with E-state index in [1.807, 2.05) is 0 Å². The van der Waals surface area contributed by atoms with E-state index in [1.54, 1.807) is 0 Å². The van der Waals surface area contributed by atoms with Crippen molar-refractivity contribution < 1.29 is 0 Å². The number of piperidine rings is 1. The van der Waals surface area contributed by atoms with Gasteiger partial charge in [0.2, 0.25) is 0 Å². The monoisotopic (exact) mass is 293 g/mol. The Morgan fingerprint density at radius 2 is 1.64 bits per heavy atom. The molecular formula is C21H27N. The first kappa shape index (κ1) is 15.3. The molecule has 1 heterocycles. The Balaban J connectivity index is 1.63. The third-order valence-corrected chi connectivity index (χ3v) is 4.93. The number of aryl methyl sites for hydroxylation is 1. The first-order valence-corrected chi connectivity index (χ1v) is 8.67. The molecule has 1 saturated heterocycles. The lowest BCUT2D eigenvalue weighted by molar-refractivity contribution is 0.0998. The van der Waals surface area contributed by atoms with Crippen molar-refractivity contribution in [3.8, 4) is 0 Å². The summed E-state index contributed by atoms with van der Waals surface area (Å²) in [4.78, 5) is 2.71. The first-order valence-electron chi connectivity index (χ1n) is 8.67. The maximum absolute atomic E-state index is 2.71. The van der Waals surface area contributed by atoms with Crippen LogP contribution in [0.2, 0.25) is 0 Å². The highest BCUT2D eigenvalue weighted by Crippen LogP contribution is 2.35. The predicted octanol–water partition coefficient (Wildman–Crippen LogP) is 5.09. The van der Waals surface area contributed by atoms with Crippen molar-refractivity contribution in [1.82, 2.24) is 4.90 Å². The molecular weight excluding hydrogens is 266 g/mol. The highest BCUT2D eigenvalue weighted by atomic mass is 15.2. The summed E-state index contributed by atoms with van der Waals surface area (Å²) in [5, 5.41) is 0. The fourth-order valence-corrected chi connectivity index (χ4v) is 3.84. The highest BCUT2D eigenvalue weighted by Gasteiger charge is 2.29. The van der Waals surface area contributed by atoms with Gasteiger partial charge in [0, 0.05) is 6.04 Å². The van der Waals surface area contributed by atoms with Crippen molar-refractivity contribution in [1.29, 1.82) is 0 Å². The van der Waals surface area contributed by atoms with Crippen molar-refractivity contribution in [2.75, 3.05) is 13.1 Å². The average molecular weight is 293 g/mol. The van der Waals surface area contributed by atoms with Gasteiger partial charge in [-0.05, 0) is 55.8 Å². The number of likely N-dealkylation sites (tertiary alicyclic amines) is 1. The topological polar surface area (TPSA) is 3.24 Å². The molecule has 1 fully saturated rings. The molecule has 0 saturated carbocycles. The van der Waals surface area contributed by atoms with Gasteiger partial charge < -0.3 is 0 Å². The molecule has 2 atom stereocenters. The fraction of sp³-hybridized carbons (Fsp3) is 0.429. The number of rotatable bonds is 5. The molecule has 2 unspecified atom stereocenters. The van der Waals surface area contributed by atoms with Crippen LogP contribution in [-0.4, -0.2) is 18.0 Å². The SMILES string of the molecule is CC1CCCN(CCCc2ccccc2)C1c1ccccc1. The van der Waals surface area contributed by atoms with E-state index in [2.05, 4.69) is 72.5 Å². The van der Waals surface area contributed by atoms with Gasteiger partial charge in [-0.25, -0.2) is 0 Å². The second-order valence-electron chi connectivity index (χ2n) is 6.60. The molecule has 0 aromatic heterocycles. The van der Waals surface area contributed by atoms with E-state index in [9.17, 15) is 0 Å². The zero-order valence-corrected chi connectivity index (χ0v) is 13.6. The lowest BCUT2D eigenvalue weighted by atomic mass is 9.86. The molecule has 0 amide bonds. The largest absolute Gasteiger partial charge is 0.296 e. The van der Waals surface area contributed by atoms with E-state index in [-0.39, 0.29) is 0 Å². The summed E-state index contributed by atoms with van der Waals surface area (Å²) in [6.07, 6.45) is 5.14. The van der Waals surface area contributed by atoms with E-state index in [0.29, 0.717) is 6.04 Å². The molecule has 1 aliphatic heterocycles. The van der Waals surface area contributed by atoms with Crippen LogP contribution in [0.3, 0.4) is 0 Å². The summed E-state index contributed by atoms with van der Waals surface area (Å²) in [5.41, 5.74) is 2.96. The molecule has 0 N–H and O–H groups in total. The van der Waals surface area contributed by atoms with Crippen LogP contribution in [0.1, 0.15) is 43.4 Å². The van der Waals surface area contributed by atoms with Gasteiger partial charge in [0.25, 0.3) is 0 Å². The van der Waals surface area contributed by atoms with Crippen LogP contribution in [0.15, 0.2) is 60.7 Å². The molecule has 3 rings (SSSR count). The van der Waals surface area contributed by atoms with Gasteiger partial charge >= 0.3 is 0 Å². The van der Waals surface area contributed by atoms with Crippen LogP contribution in [0.25, 0.3) is 0 Å². The maximum atomic E-state index is 2.71. The summed E-state index contributed by atoms with van der Waals surface area (Å²) in [6.45, 7) is 4.87. The van der Waals surface area contributed by atoms with Gasteiger partial charge in [0.05, 0.1) is 0 Å². The second-order valence-corrected chi connectivity index (χ2v) is 6.60. The smallest absolute Gasteiger partial charge is 0.0373 e. The second kappa shape index (κ2) is 7.60. The van der Waals surface area contributed by atoms with Crippen molar-refractivity contribution in [3.63, 3.8) is 0 Å². The molecule has 0 radical (unpaired) electrons. The Labute approximate surface area is 135 Å².